The van der Waals surface area contributed by atoms with Crippen molar-refractivity contribution in [3.05, 3.63) is 54.6 Å². The average Bonchev–Trinajstić information content (AvgIpc) is 2.94. The van der Waals surface area contributed by atoms with E-state index in [0.29, 0.717) is 5.76 Å². The highest BCUT2D eigenvalue weighted by Gasteiger charge is 2.18. The van der Waals surface area contributed by atoms with Gasteiger partial charge in [-0.2, -0.15) is 0 Å². The minimum atomic E-state index is -0.0649. The van der Waals surface area contributed by atoms with Gasteiger partial charge in [0.1, 0.15) is 11.3 Å². The number of furan rings is 1. The van der Waals surface area contributed by atoms with Crippen LogP contribution in [0.1, 0.15) is 17.5 Å². The molecule has 0 unspecified atom stereocenters. The number of hydrogen-bond donors (Lipinski definition) is 0. The highest BCUT2D eigenvalue weighted by molar-refractivity contribution is 6.03. The Morgan fingerprint density at radius 3 is 2.53 bits per heavy atom. The highest BCUT2D eigenvalue weighted by Crippen LogP contribution is 2.29. The predicted octanol–water partition coefficient (Wildman–Crippen LogP) is 3.43. The number of carbonyl (C=O) groups is 1. The van der Waals surface area contributed by atoms with Crippen LogP contribution in [0.5, 0.6) is 0 Å². The maximum absolute atomic E-state index is 11.6. The number of benzene rings is 1. The summed E-state index contributed by atoms with van der Waals surface area (Å²) in [5.41, 5.74) is 1.56. The summed E-state index contributed by atoms with van der Waals surface area (Å²) in [6, 6.07) is 11.5. The lowest BCUT2D eigenvalue weighted by Crippen LogP contribution is -1.98. The summed E-state index contributed by atoms with van der Waals surface area (Å²) < 4.78 is 7.52. The minimum Gasteiger partial charge on any atom is -0.451 e. The van der Waals surface area contributed by atoms with Gasteiger partial charge < -0.3 is 8.98 Å². The van der Waals surface area contributed by atoms with E-state index < -0.39 is 0 Å². The maximum atomic E-state index is 11.6. The van der Waals surface area contributed by atoms with Gasteiger partial charge in [-0.3, -0.25) is 4.79 Å². The average molecular weight is 225 g/mol. The number of Topliss-reactive ketones (excluding diaryl/α,β-unsaturated/α-hetero) is 1. The van der Waals surface area contributed by atoms with Crippen molar-refractivity contribution >= 4 is 16.8 Å². The Balaban J connectivity index is 2.40. The molecule has 3 heteroatoms. The molecule has 3 rings (SSSR count). The van der Waals surface area contributed by atoms with Crippen LogP contribution < -0.4 is 0 Å². The summed E-state index contributed by atoms with van der Waals surface area (Å²) in [6.45, 7) is 1.52. The summed E-state index contributed by atoms with van der Waals surface area (Å²) in [5, 5.41) is 0.953. The third-order valence-electron chi connectivity index (χ3n) is 2.75. The van der Waals surface area contributed by atoms with Crippen LogP contribution in [0.25, 0.3) is 16.7 Å². The van der Waals surface area contributed by atoms with Gasteiger partial charge >= 0.3 is 0 Å². The second-order valence-electron chi connectivity index (χ2n) is 3.92. The Morgan fingerprint density at radius 2 is 1.82 bits per heavy atom. The Morgan fingerprint density at radius 1 is 1.12 bits per heavy atom. The minimum absolute atomic E-state index is 0.0649. The quantitative estimate of drug-likeness (QED) is 0.626. The van der Waals surface area contributed by atoms with Crippen molar-refractivity contribution in [3.63, 3.8) is 0 Å². The van der Waals surface area contributed by atoms with Gasteiger partial charge in [-0.15, -0.1) is 0 Å². The molecule has 0 amide bonds. The third kappa shape index (κ3) is 1.47. The smallest absolute Gasteiger partial charge is 0.197 e. The Bertz CT molecular complexity index is 677. The summed E-state index contributed by atoms with van der Waals surface area (Å²) in [5.74, 6) is 0.340. The number of fused-ring (bicyclic) bond motifs is 1. The predicted molar refractivity (Wildman–Crippen MR) is 65.5 cm³/mol. The molecule has 0 aliphatic heterocycles. The molecule has 17 heavy (non-hydrogen) atoms. The van der Waals surface area contributed by atoms with E-state index in [0.717, 1.165) is 16.7 Å². The molecule has 0 N–H and O–H groups in total. The van der Waals surface area contributed by atoms with Gasteiger partial charge in [-0.25, -0.2) is 0 Å². The van der Waals surface area contributed by atoms with E-state index in [1.165, 1.54) is 6.92 Å². The second kappa shape index (κ2) is 3.63. The molecule has 2 aromatic heterocycles. The van der Waals surface area contributed by atoms with Crippen LogP contribution in [0.2, 0.25) is 0 Å². The largest absolute Gasteiger partial charge is 0.451 e. The first-order valence-corrected chi connectivity index (χ1v) is 5.43. The molecular weight excluding hydrogens is 214 g/mol. The molecule has 84 valence electrons. The molecular formula is C14H11NO2. The van der Waals surface area contributed by atoms with Gasteiger partial charge in [-0.05, 0) is 24.3 Å². The molecule has 0 fully saturated rings. The second-order valence-corrected chi connectivity index (χ2v) is 3.92. The Kier molecular flexibility index (Phi) is 2.11. The number of nitrogens with zero attached hydrogens (tertiary/aromatic N) is 1. The Hall–Kier alpha value is -2.29. The van der Waals surface area contributed by atoms with Crippen molar-refractivity contribution < 1.29 is 9.21 Å². The van der Waals surface area contributed by atoms with Gasteiger partial charge in [0, 0.05) is 24.7 Å². The molecule has 0 bridgehead atoms. The summed E-state index contributed by atoms with van der Waals surface area (Å²) in [6.07, 6.45) is 3.81. The lowest BCUT2D eigenvalue weighted by Gasteiger charge is -2.01. The van der Waals surface area contributed by atoms with Gasteiger partial charge in [0.05, 0.1) is 0 Å². The van der Waals surface area contributed by atoms with Crippen molar-refractivity contribution in [2.24, 2.45) is 0 Å². The van der Waals surface area contributed by atoms with Crippen LogP contribution in [0.15, 0.2) is 53.2 Å². The van der Waals surface area contributed by atoms with Gasteiger partial charge in [0.15, 0.2) is 11.5 Å². The summed E-state index contributed by atoms with van der Waals surface area (Å²) >= 11 is 0. The van der Waals surface area contributed by atoms with Gasteiger partial charge in [0.2, 0.25) is 0 Å². The van der Waals surface area contributed by atoms with Crippen molar-refractivity contribution in [2.75, 3.05) is 0 Å². The summed E-state index contributed by atoms with van der Waals surface area (Å²) in [7, 11) is 0. The zero-order valence-electron chi connectivity index (χ0n) is 9.38. The van der Waals surface area contributed by atoms with Gasteiger partial charge in [-0.1, -0.05) is 12.1 Å². The first-order chi connectivity index (χ1) is 8.27. The van der Waals surface area contributed by atoms with Crippen LogP contribution in [0.4, 0.5) is 0 Å². The van der Waals surface area contributed by atoms with Crippen LogP contribution >= 0.6 is 0 Å². The van der Waals surface area contributed by atoms with E-state index >= 15 is 0 Å². The van der Waals surface area contributed by atoms with Gasteiger partial charge in [0.25, 0.3) is 0 Å². The van der Waals surface area contributed by atoms with Crippen LogP contribution in [0.3, 0.4) is 0 Å². The molecule has 0 aliphatic carbocycles. The van der Waals surface area contributed by atoms with Crippen molar-refractivity contribution in [3.8, 4) is 5.69 Å². The van der Waals surface area contributed by atoms with E-state index in [2.05, 4.69) is 0 Å². The maximum Gasteiger partial charge on any atom is 0.197 e. The SMILES string of the molecule is CC(=O)c1oc2ccccc2c1-n1cccc1. The molecule has 0 atom stereocenters. The number of rotatable bonds is 2. The fourth-order valence-corrected chi connectivity index (χ4v) is 2.01. The van der Waals surface area contributed by atoms with E-state index in [-0.39, 0.29) is 5.78 Å². The molecule has 0 aliphatic rings. The number of hydrogen-bond acceptors (Lipinski definition) is 2. The van der Waals surface area contributed by atoms with E-state index in [1.807, 2.05) is 53.4 Å². The number of aromatic nitrogens is 1. The fourth-order valence-electron chi connectivity index (χ4n) is 2.01. The monoisotopic (exact) mass is 225 g/mol. The van der Waals surface area contributed by atoms with Crippen molar-refractivity contribution in [1.29, 1.82) is 0 Å². The highest BCUT2D eigenvalue weighted by atomic mass is 16.3. The molecule has 3 aromatic rings. The first kappa shape index (κ1) is 9.90. The number of para-hydroxylation sites is 1. The van der Waals surface area contributed by atoms with E-state index in [4.69, 9.17) is 4.42 Å². The number of carbonyl (C=O) groups excluding carboxylic acids is 1. The zero-order valence-corrected chi connectivity index (χ0v) is 9.38. The van der Waals surface area contributed by atoms with Crippen molar-refractivity contribution in [2.45, 2.75) is 6.92 Å². The fraction of sp³-hybridized carbons (Fsp3) is 0.0714. The standard InChI is InChI=1S/C14H11NO2/c1-10(16)14-13(15-8-4-5-9-15)11-6-2-3-7-12(11)17-14/h2-9H,1H3. The first-order valence-electron chi connectivity index (χ1n) is 5.43. The summed E-state index contributed by atoms with van der Waals surface area (Å²) in [4.78, 5) is 11.6. The van der Waals surface area contributed by atoms with Crippen molar-refractivity contribution in [1.82, 2.24) is 4.57 Å². The normalized spacial score (nSPS) is 10.9. The third-order valence-corrected chi connectivity index (χ3v) is 2.75. The molecule has 0 radical (unpaired) electrons. The van der Waals surface area contributed by atoms with Crippen LogP contribution in [-0.2, 0) is 0 Å². The molecule has 0 saturated carbocycles. The molecule has 3 nitrogen and oxygen atoms in total. The van der Waals surface area contributed by atoms with Crippen LogP contribution in [0, 0.1) is 0 Å². The lowest BCUT2D eigenvalue weighted by atomic mass is 10.2. The molecule has 0 spiro atoms. The Labute approximate surface area is 98.3 Å². The molecule has 2 heterocycles. The van der Waals surface area contributed by atoms with E-state index in [1.54, 1.807) is 0 Å². The van der Waals surface area contributed by atoms with Crippen LogP contribution in [-0.4, -0.2) is 10.4 Å². The lowest BCUT2D eigenvalue weighted by molar-refractivity contribution is 0.0989. The molecule has 1 aromatic carbocycles. The number of ketones is 1. The van der Waals surface area contributed by atoms with E-state index in [9.17, 15) is 4.79 Å². The zero-order chi connectivity index (χ0) is 11.8. The topological polar surface area (TPSA) is 35.1 Å². The molecule has 0 saturated heterocycles.